The minimum absolute atomic E-state index is 0.975. The van der Waals surface area contributed by atoms with Crippen molar-refractivity contribution >= 4 is 0 Å². The highest BCUT2D eigenvalue weighted by Gasteiger charge is 1.74. The van der Waals surface area contributed by atoms with Gasteiger partial charge in [-0.3, -0.25) is 0 Å². The van der Waals surface area contributed by atoms with Gasteiger partial charge in [-0.2, -0.15) is 0 Å². The maximum Gasteiger partial charge on any atom is -0.0329 e. The molecule has 0 saturated carbocycles. The summed E-state index contributed by atoms with van der Waals surface area (Å²) in [6.45, 7) is 9.35. The van der Waals surface area contributed by atoms with E-state index in [-0.39, 0.29) is 0 Å². The van der Waals surface area contributed by atoms with Crippen LogP contribution in [0.15, 0.2) is 61.3 Å². The fraction of sp³-hybridized carbons (Fsp3) is 0.0909. The number of hydrogen-bond acceptors (Lipinski definition) is 0. The third kappa shape index (κ3) is 6.59. The second kappa shape index (κ2) is 6.81. The first-order chi connectivity index (χ1) is 5.31. The Morgan fingerprint density at radius 3 is 2.27 bits per heavy atom. The number of allylic oxidation sites excluding steroid dienone is 8. The van der Waals surface area contributed by atoms with E-state index in [0.717, 1.165) is 5.57 Å². The first-order valence-electron chi connectivity index (χ1n) is 3.58. The molecule has 0 heteroatoms. The molecule has 0 N–H and O–H groups in total. The van der Waals surface area contributed by atoms with Gasteiger partial charge in [0.2, 0.25) is 0 Å². The SMILES string of the molecule is C=C/C=C\C(=C)C=CC=CC. The van der Waals surface area contributed by atoms with Crippen molar-refractivity contribution in [2.75, 3.05) is 0 Å². The lowest BCUT2D eigenvalue weighted by Gasteiger charge is -1.84. The van der Waals surface area contributed by atoms with Gasteiger partial charge in [0, 0.05) is 0 Å². The van der Waals surface area contributed by atoms with Crippen LogP contribution >= 0.6 is 0 Å². The molecule has 0 aliphatic heterocycles. The molecule has 0 aromatic rings. The Morgan fingerprint density at radius 2 is 1.73 bits per heavy atom. The molecule has 0 aliphatic carbocycles. The molecule has 0 bridgehead atoms. The topological polar surface area (TPSA) is 0 Å². The van der Waals surface area contributed by atoms with Crippen molar-refractivity contribution < 1.29 is 0 Å². The molecule has 0 unspecified atom stereocenters. The van der Waals surface area contributed by atoms with Crippen molar-refractivity contribution in [3.8, 4) is 0 Å². The second-order valence-electron chi connectivity index (χ2n) is 2.05. The van der Waals surface area contributed by atoms with Gasteiger partial charge in [-0.05, 0) is 12.5 Å². The molecule has 0 aromatic carbocycles. The smallest absolute Gasteiger partial charge is 0.0329 e. The van der Waals surface area contributed by atoms with Crippen LogP contribution in [0.4, 0.5) is 0 Å². The van der Waals surface area contributed by atoms with Crippen molar-refractivity contribution in [3.63, 3.8) is 0 Å². The van der Waals surface area contributed by atoms with Crippen LogP contribution in [-0.4, -0.2) is 0 Å². The Labute approximate surface area is 68.9 Å². The molecule has 0 spiro atoms. The number of hydrogen-bond donors (Lipinski definition) is 0. The molecular formula is C11H14. The normalized spacial score (nSPS) is 11.7. The van der Waals surface area contributed by atoms with Crippen molar-refractivity contribution in [1.82, 2.24) is 0 Å². The zero-order valence-electron chi connectivity index (χ0n) is 6.96. The van der Waals surface area contributed by atoms with E-state index in [9.17, 15) is 0 Å². The standard InChI is InChI=1S/C11H14/c1-4-6-8-10-11(3)9-7-5-2/h4-10H,2-3H2,1H3/b6-4?,9-7-,10-8?. The molecule has 0 saturated heterocycles. The van der Waals surface area contributed by atoms with Crippen molar-refractivity contribution in [2.24, 2.45) is 0 Å². The highest BCUT2D eigenvalue weighted by Crippen LogP contribution is 1.95. The minimum Gasteiger partial charge on any atom is -0.0991 e. The van der Waals surface area contributed by atoms with Crippen LogP contribution in [0.25, 0.3) is 0 Å². The maximum atomic E-state index is 3.81. The zero-order valence-corrected chi connectivity index (χ0v) is 6.96. The van der Waals surface area contributed by atoms with Gasteiger partial charge in [-0.25, -0.2) is 0 Å². The van der Waals surface area contributed by atoms with Crippen molar-refractivity contribution in [1.29, 1.82) is 0 Å². The molecule has 0 atom stereocenters. The fourth-order valence-corrected chi connectivity index (χ4v) is 0.537. The van der Waals surface area contributed by atoms with Gasteiger partial charge in [-0.15, -0.1) is 0 Å². The van der Waals surface area contributed by atoms with E-state index in [1.807, 2.05) is 43.4 Å². The average molecular weight is 146 g/mol. The summed E-state index contributed by atoms with van der Waals surface area (Å²) in [6.07, 6.45) is 13.3. The largest absolute Gasteiger partial charge is 0.0991 e. The summed E-state index contributed by atoms with van der Waals surface area (Å²) >= 11 is 0. The van der Waals surface area contributed by atoms with Crippen molar-refractivity contribution in [3.05, 3.63) is 61.3 Å². The highest BCUT2D eigenvalue weighted by molar-refractivity contribution is 5.30. The van der Waals surface area contributed by atoms with Crippen LogP contribution in [0.5, 0.6) is 0 Å². The van der Waals surface area contributed by atoms with E-state index in [1.54, 1.807) is 6.08 Å². The van der Waals surface area contributed by atoms with Crippen LogP contribution in [0.1, 0.15) is 6.92 Å². The van der Waals surface area contributed by atoms with E-state index >= 15 is 0 Å². The van der Waals surface area contributed by atoms with E-state index in [0.29, 0.717) is 0 Å². The fourth-order valence-electron chi connectivity index (χ4n) is 0.537. The maximum absolute atomic E-state index is 3.81. The van der Waals surface area contributed by atoms with E-state index in [4.69, 9.17) is 0 Å². The summed E-state index contributed by atoms with van der Waals surface area (Å²) < 4.78 is 0. The lowest BCUT2D eigenvalue weighted by atomic mass is 10.2. The third-order valence-corrected chi connectivity index (χ3v) is 1.06. The van der Waals surface area contributed by atoms with E-state index in [2.05, 4.69) is 13.2 Å². The molecule has 0 aromatic heterocycles. The van der Waals surface area contributed by atoms with Gasteiger partial charge in [-0.1, -0.05) is 55.7 Å². The molecule has 0 aliphatic rings. The van der Waals surface area contributed by atoms with E-state index in [1.165, 1.54) is 0 Å². The van der Waals surface area contributed by atoms with Crippen LogP contribution in [0, 0.1) is 0 Å². The van der Waals surface area contributed by atoms with Gasteiger partial charge in [0.25, 0.3) is 0 Å². The minimum atomic E-state index is 0.975. The van der Waals surface area contributed by atoms with Gasteiger partial charge >= 0.3 is 0 Å². The Morgan fingerprint density at radius 1 is 1.09 bits per heavy atom. The molecule has 0 nitrogen and oxygen atoms in total. The molecule has 0 heterocycles. The Balaban J connectivity index is 3.86. The van der Waals surface area contributed by atoms with Crippen LogP contribution in [0.3, 0.4) is 0 Å². The lowest BCUT2D eigenvalue weighted by Crippen LogP contribution is -1.63. The third-order valence-electron chi connectivity index (χ3n) is 1.06. The summed E-state index contributed by atoms with van der Waals surface area (Å²) in [5, 5.41) is 0. The molecule has 0 radical (unpaired) electrons. The molecule has 0 fully saturated rings. The summed E-state index contributed by atoms with van der Waals surface area (Å²) in [5.41, 5.74) is 0.975. The Hall–Kier alpha value is -1.30. The quantitative estimate of drug-likeness (QED) is 0.533. The Kier molecular flexibility index (Phi) is 6.01. The van der Waals surface area contributed by atoms with Gasteiger partial charge in [0.15, 0.2) is 0 Å². The van der Waals surface area contributed by atoms with Crippen LogP contribution < -0.4 is 0 Å². The molecule has 58 valence electrons. The second-order valence-corrected chi connectivity index (χ2v) is 2.05. The first-order valence-corrected chi connectivity index (χ1v) is 3.58. The lowest BCUT2D eigenvalue weighted by molar-refractivity contribution is 1.69. The summed E-state index contributed by atoms with van der Waals surface area (Å²) in [6, 6.07) is 0. The van der Waals surface area contributed by atoms with E-state index < -0.39 is 0 Å². The highest BCUT2D eigenvalue weighted by atomic mass is 13.8. The van der Waals surface area contributed by atoms with Crippen molar-refractivity contribution in [2.45, 2.75) is 6.92 Å². The first kappa shape index (κ1) is 9.70. The predicted octanol–water partition coefficient (Wildman–Crippen LogP) is 3.42. The molecular weight excluding hydrogens is 132 g/mol. The zero-order chi connectivity index (χ0) is 8.53. The average Bonchev–Trinajstić information content (AvgIpc) is 2.01. The molecule has 0 rings (SSSR count). The van der Waals surface area contributed by atoms with Crippen LogP contribution in [0.2, 0.25) is 0 Å². The summed E-state index contributed by atoms with van der Waals surface area (Å²) in [4.78, 5) is 0. The number of rotatable bonds is 4. The van der Waals surface area contributed by atoms with Gasteiger partial charge < -0.3 is 0 Å². The van der Waals surface area contributed by atoms with Gasteiger partial charge in [0.1, 0.15) is 0 Å². The summed E-state index contributed by atoms with van der Waals surface area (Å²) in [7, 11) is 0. The predicted molar refractivity (Wildman–Crippen MR) is 52.4 cm³/mol. The monoisotopic (exact) mass is 146 g/mol. The molecule has 11 heavy (non-hydrogen) atoms. The Bertz CT molecular complexity index is 202. The summed E-state index contributed by atoms with van der Waals surface area (Å²) in [5.74, 6) is 0. The van der Waals surface area contributed by atoms with Crippen LogP contribution in [-0.2, 0) is 0 Å². The van der Waals surface area contributed by atoms with Gasteiger partial charge in [0.05, 0.1) is 0 Å². The molecule has 0 amide bonds.